The largest absolute Gasteiger partial charge is 0.465 e. The first-order valence-electron chi connectivity index (χ1n) is 15.6. The van der Waals surface area contributed by atoms with Crippen LogP contribution in [0.3, 0.4) is 0 Å². The van der Waals surface area contributed by atoms with E-state index in [0.717, 1.165) is 25.7 Å². The molecule has 0 saturated heterocycles. The molecule has 2 atom stereocenters. The van der Waals surface area contributed by atoms with Gasteiger partial charge < -0.3 is 20.9 Å². The van der Waals surface area contributed by atoms with Crippen molar-refractivity contribution in [1.82, 2.24) is 0 Å². The Morgan fingerprint density at radius 1 is 0.500 bits per heavy atom. The van der Waals surface area contributed by atoms with E-state index >= 15 is 0 Å². The van der Waals surface area contributed by atoms with E-state index in [4.69, 9.17) is 20.9 Å². The van der Waals surface area contributed by atoms with Gasteiger partial charge in [-0.2, -0.15) is 0 Å². The topological polar surface area (TPSA) is 105 Å². The second kappa shape index (κ2) is 29.5. The van der Waals surface area contributed by atoms with Crippen molar-refractivity contribution in [3.05, 3.63) is 0 Å². The van der Waals surface area contributed by atoms with Gasteiger partial charge in [-0.25, -0.2) is 0 Å². The Bertz CT molecular complexity index is 494. The normalized spacial score (nSPS) is 12.8. The molecule has 0 aliphatic rings. The number of esters is 2. The maximum atomic E-state index is 12.1. The Kier molecular flexibility index (Phi) is 29.2. The van der Waals surface area contributed by atoms with Crippen LogP contribution in [0, 0.1) is 0 Å². The third-order valence-corrected chi connectivity index (χ3v) is 9.14. The van der Waals surface area contributed by atoms with Crippen molar-refractivity contribution >= 4 is 33.5 Å². The molecule has 0 spiro atoms. The van der Waals surface area contributed by atoms with Crippen LogP contribution in [0.25, 0.3) is 0 Å². The fraction of sp³-hybridized carbons (Fsp3) is 0.933. The molecule has 0 radical (unpaired) electrons. The number of carbonyl (C=O) groups is 2. The van der Waals surface area contributed by atoms with Gasteiger partial charge in [-0.1, -0.05) is 151 Å². The standard InChI is InChI=1S/C30H60N2O4S2/c1-3-5-7-9-11-13-15-17-19-21-23-35-29(33)27(31)25-37-38-26-28(32)30(34)36-24-22-20-18-16-14-12-10-8-6-4-2/h27-28H,3-26,31-32H2,1-2H3. The van der Waals surface area contributed by atoms with E-state index in [2.05, 4.69) is 13.8 Å². The Morgan fingerprint density at radius 3 is 1.05 bits per heavy atom. The van der Waals surface area contributed by atoms with Crippen molar-refractivity contribution < 1.29 is 19.1 Å². The van der Waals surface area contributed by atoms with Gasteiger partial charge in [-0.05, 0) is 12.8 Å². The molecule has 38 heavy (non-hydrogen) atoms. The lowest BCUT2D eigenvalue weighted by Gasteiger charge is -2.13. The average Bonchev–Trinajstić information content (AvgIpc) is 2.92. The lowest BCUT2D eigenvalue weighted by Crippen LogP contribution is -2.35. The number of nitrogens with two attached hydrogens (primary N) is 2. The first kappa shape index (κ1) is 37.6. The average molecular weight is 577 g/mol. The summed E-state index contributed by atoms with van der Waals surface area (Å²) in [4.78, 5) is 24.1. The zero-order valence-corrected chi connectivity index (χ0v) is 26.4. The molecule has 0 aromatic rings. The number of rotatable bonds is 29. The number of hydrogen-bond acceptors (Lipinski definition) is 8. The highest BCUT2D eigenvalue weighted by molar-refractivity contribution is 8.76. The number of hydrogen-bond donors (Lipinski definition) is 2. The smallest absolute Gasteiger partial charge is 0.323 e. The molecule has 6 nitrogen and oxygen atoms in total. The van der Waals surface area contributed by atoms with Crippen molar-refractivity contribution in [1.29, 1.82) is 0 Å². The van der Waals surface area contributed by atoms with E-state index in [9.17, 15) is 9.59 Å². The van der Waals surface area contributed by atoms with Gasteiger partial charge in [0.2, 0.25) is 0 Å². The summed E-state index contributed by atoms with van der Waals surface area (Å²) >= 11 is 0. The highest BCUT2D eigenvalue weighted by atomic mass is 33.1. The summed E-state index contributed by atoms with van der Waals surface area (Å²) in [7, 11) is 2.89. The van der Waals surface area contributed by atoms with Crippen LogP contribution in [0.2, 0.25) is 0 Å². The highest BCUT2D eigenvalue weighted by Crippen LogP contribution is 2.22. The summed E-state index contributed by atoms with van der Waals surface area (Å²) in [6, 6.07) is -1.31. The Balaban J connectivity index is 3.54. The molecular formula is C30H60N2O4S2. The molecule has 8 heteroatoms. The molecule has 2 unspecified atom stereocenters. The van der Waals surface area contributed by atoms with Crippen molar-refractivity contribution in [3.63, 3.8) is 0 Å². The predicted octanol–water partition coefficient (Wildman–Crippen LogP) is 7.95. The van der Waals surface area contributed by atoms with E-state index < -0.39 is 12.1 Å². The maximum absolute atomic E-state index is 12.1. The fourth-order valence-electron chi connectivity index (χ4n) is 4.12. The summed E-state index contributed by atoms with van der Waals surface area (Å²) in [5.41, 5.74) is 11.9. The van der Waals surface area contributed by atoms with Crippen LogP contribution >= 0.6 is 21.6 Å². The van der Waals surface area contributed by atoms with Crippen molar-refractivity contribution in [2.24, 2.45) is 11.5 Å². The van der Waals surface area contributed by atoms with Gasteiger partial charge in [0.15, 0.2) is 0 Å². The predicted molar refractivity (Wildman–Crippen MR) is 166 cm³/mol. The monoisotopic (exact) mass is 576 g/mol. The van der Waals surface area contributed by atoms with Gasteiger partial charge >= 0.3 is 11.9 Å². The second-order valence-electron chi connectivity index (χ2n) is 10.5. The minimum atomic E-state index is -0.657. The summed E-state index contributed by atoms with van der Waals surface area (Å²) in [6.45, 7) is 5.37. The number of carbonyl (C=O) groups excluding carboxylic acids is 2. The van der Waals surface area contributed by atoms with E-state index in [1.165, 1.54) is 124 Å². The number of unbranched alkanes of at least 4 members (excludes halogenated alkanes) is 18. The van der Waals surface area contributed by atoms with E-state index in [1.807, 2.05) is 0 Å². The molecule has 0 aromatic carbocycles. The first-order valence-corrected chi connectivity index (χ1v) is 18.1. The lowest BCUT2D eigenvalue weighted by molar-refractivity contribution is -0.145. The van der Waals surface area contributed by atoms with Crippen LogP contribution in [-0.2, 0) is 19.1 Å². The lowest BCUT2D eigenvalue weighted by atomic mass is 10.1. The fourth-order valence-corrected chi connectivity index (χ4v) is 6.33. The molecule has 0 saturated carbocycles. The molecule has 0 aromatic heterocycles. The third kappa shape index (κ3) is 25.8. The van der Waals surface area contributed by atoms with Gasteiger partial charge in [0, 0.05) is 11.5 Å². The molecule has 0 bridgehead atoms. The zero-order valence-electron chi connectivity index (χ0n) is 24.7. The Labute approximate surface area is 242 Å². The minimum absolute atomic E-state index is 0.353. The van der Waals surface area contributed by atoms with Gasteiger partial charge in [0.1, 0.15) is 12.1 Å². The number of ether oxygens (including phenoxy) is 2. The molecule has 4 N–H and O–H groups in total. The van der Waals surface area contributed by atoms with Crippen LogP contribution in [0.1, 0.15) is 142 Å². The maximum Gasteiger partial charge on any atom is 0.323 e. The molecule has 0 aliphatic heterocycles. The summed E-state index contributed by atoms with van der Waals surface area (Å²) in [5, 5.41) is 0. The molecular weight excluding hydrogens is 516 g/mol. The summed E-state index contributed by atoms with van der Waals surface area (Å²) < 4.78 is 10.6. The van der Waals surface area contributed by atoms with E-state index in [-0.39, 0.29) is 11.9 Å². The van der Waals surface area contributed by atoms with E-state index in [0.29, 0.717) is 24.7 Å². The molecule has 0 heterocycles. The summed E-state index contributed by atoms with van der Waals surface area (Å²) in [5.74, 6) is 0.160. The zero-order chi connectivity index (χ0) is 28.1. The van der Waals surface area contributed by atoms with Crippen LogP contribution in [0.15, 0.2) is 0 Å². The molecule has 0 fully saturated rings. The molecule has 0 rings (SSSR count). The summed E-state index contributed by atoms with van der Waals surface area (Å²) in [6.07, 6.45) is 24.9. The molecule has 0 aliphatic carbocycles. The Morgan fingerprint density at radius 2 is 0.763 bits per heavy atom. The van der Waals surface area contributed by atoms with Gasteiger partial charge in [0.25, 0.3) is 0 Å². The second-order valence-corrected chi connectivity index (χ2v) is 13.0. The first-order chi connectivity index (χ1) is 18.5. The Hall–Kier alpha value is -0.440. The van der Waals surface area contributed by atoms with Crippen LogP contribution in [0.5, 0.6) is 0 Å². The minimum Gasteiger partial charge on any atom is -0.465 e. The van der Waals surface area contributed by atoms with Crippen LogP contribution < -0.4 is 11.5 Å². The van der Waals surface area contributed by atoms with Crippen molar-refractivity contribution in [2.75, 3.05) is 24.7 Å². The van der Waals surface area contributed by atoms with Crippen LogP contribution in [-0.4, -0.2) is 48.7 Å². The van der Waals surface area contributed by atoms with Gasteiger partial charge in [-0.15, -0.1) is 0 Å². The van der Waals surface area contributed by atoms with Gasteiger partial charge in [0.05, 0.1) is 13.2 Å². The van der Waals surface area contributed by atoms with E-state index in [1.54, 1.807) is 0 Å². The van der Waals surface area contributed by atoms with Crippen molar-refractivity contribution in [3.8, 4) is 0 Å². The van der Waals surface area contributed by atoms with Crippen LogP contribution in [0.4, 0.5) is 0 Å². The van der Waals surface area contributed by atoms with Gasteiger partial charge in [-0.3, -0.25) is 9.59 Å². The SMILES string of the molecule is CCCCCCCCCCCCOC(=O)C(N)CSSCC(N)C(=O)OCCCCCCCCCCCC. The quantitative estimate of drug-likeness (QED) is 0.0525. The highest BCUT2D eigenvalue weighted by Gasteiger charge is 2.18. The van der Waals surface area contributed by atoms with Crippen molar-refractivity contribution in [2.45, 2.75) is 154 Å². The molecule has 226 valence electrons. The third-order valence-electron chi connectivity index (χ3n) is 6.67. The molecule has 0 amide bonds.